The van der Waals surface area contributed by atoms with E-state index in [2.05, 4.69) is 33.5 Å². The second kappa shape index (κ2) is 6.91. The number of thioether (sulfide) groups is 1. The molecule has 0 spiro atoms. The fourth-order valence-electron chi connectivity index (χ4n) is 2.83. The van der Waals surface area contributed by atoms with Gasteiger partial charge >= 0.3 is 0 Å². The van der Waals surface area contributed by atoms with Crippen LogP contribution in [0.1, 0.15) is 19.3 Å². The maximum atomic E-state index is 12.2. The summed E-state index contributed by atoms with van der Waals surface area (Å²) in [6.07, 6.45) is 4.63. The fourth-order valence-corrected chi connectivity index (χ4v) is 5.03. The van der Waals surface area contributed by atoms with Gasteiger partial charge in [-0.1, -0.05) is 48.5 Å². The predicted octanol–water partition coefficient (Wildman–Crippen LogP) is 4.12. The third kappa shape index (κ3) is 3.16. The lowest BCUT2D eigenvalue weighted by atomic mass is 10.2. The average molecular weight is 355 g/mol. The zero-order valence-electron chi connectivity index (χ0n) is 13.1. The van der Waals surface area contributed by atoms with E-state index in [4.69, 9.17) is 0 Å². The molecule has 0 aliphatic carbocycles. The monoisotopic (exact) mass is 355 g/mol. The van der Waals surface area contributed by atoms with Crippen LogP contribution in [-0.4, -0.2) is 27.7 Å². The van der Waals surface area contributed by atoms with E-state index in [0.29, 0.717) is 0 Å². The first-order valence-electron chi connectivity index (χ1n) is 8.05. The van der Waals surface area contributed by atoms with Crippen LogP contribution in [0.25, 0.3) is 20.7 Å². The predicted molar refractivity (Wildman–Crippen MR) is 99.4 cm³/mol. The number of carbonyl (C=O) groups is 1. The van der Waals surface area contributed by atoms with Gasteiger partial charge in [0.05, 0.1) is 5.25 Å². The highest BCUT2D eigenvalue weighted by Gasteiger charge is 2.23. The Morgan fingerprint density at radius 2 is 2.04 bits per heavy atom. The summed E-state index contributed by atoms with van der Waals surface area (Å²) in [6, 6.07) is 12.4. The molecule has 1 atom stereocenters. The van der Waals surface area contributed by atoms with Gasteiger partial charge in [0.15, 0.2) is 0 Å². The normalized spacial score (nSPS) is 18.3. The number of nitrogens with one attached hydrogen (secondary N) is 1. The lowest BCUT2D eigenvalue weighted by molar-refractivity contribution is -0.120. The minimum absolute atomic E-state index is 0.0642. The Morgan fingerprint density at radius 3 is 2.92 bits per heavy atom. The number of amides is 1. The van der Waals surface area contributed by atoms with Crippen LogP contribution in [0, 0.1) is 0 Å². The number of benzene rings is 1. The van der Waals surface area contributed by atoms with Crippen LogP contribution in [-0.2, 0) is 4.79 Å². The second-order valence-corrected chi connectivity index (χ2v) is 7.99. The number of nitrogens with zero attached hydrogens (tertiary/aromatic N) is 2. The van der Waals surface area contributed by atoms with Gasteiger partial charge in [-0.25, -0.2) is 9.97 Å². The molecule has 2 aromatic heterocycles. The molecule has 4 rings (SSSR count). The van der Waals surface area contributed by atoms with Crippen molar-refractivity contribution in [1.29, 1.82) is 0 Å². The molecule has 0 radical (unpaired) electrons. The van der Waals surface area contributed by atoms with Gasteiger partial charge in [0.25, 0.3) is 0 Å². The molecule has 1 saturated heterocycles. The van der Waals surface area contributed by atoms with Crippen molar-refractivity contribution in [3.63, 3.8) is 0 Å². The Bertz CT molecular complexity index is 863. The van der Waals surface area contributed by atoms with Gasteiger partial charge < -0.3 is 5.32 Å². The van der Waals surface area contributed by atoms with Crippen LogP contribution < -0.4 is 5.32 Å². The first-order chi connectivity index (χ1) is 11.8. The van der Waals surface area contributed by atoms with Crippen LogP contribution in [0.15, 0.2) is 47.8 Å². The number of hydrogen-bond donors (Lipinski definition) is 1. The van der Waals surface area contributed by atoms with E-state index in [0.717, 1.165) is 41.0 Å². The minimum Gasteiger partial charge on any atom is -0.355 e. The summed E-state index contributed by atoms with van der Waals surface area (Å²) in [5.41, 5.74) is 1.18. The van der Waals surface area contributed by atoms with Gasteiger partial charge in [-0.3, -0.25) is 4.79 Å². The highest BCUT2D eigenvalue weighted by molar-refractivity contribution is 8.00. The van der Waals surface area contributed by atoms with Crippen molar-refractivity contribution in [2.75, 3.05) is 6.54 Å². The molecule has 6 heteroatoms. The fraction of sp³-hybridized carbons (Fsp3) is 0.278. The smallest absolute Gasteiger partial charge is 0.233 e. The Labute approximate surface area is 148 Å². The largest absolute Gasteiger partial charge is 0.355 e. The zero-order chi connectivity index (χ0) is 16.4. The summed E-state index contributed by atoms with van der Waals surface area (Å²) >= 11 is 3.23. The number of rotatable bonds is 3. The number of carbonyl (C=O) groups excluding carboxylic acids is 1. The molecular weight excluding hydrogens is 338 g/mol. The third-order valence-electron chi connectivity index (χ3n) is 4.09. The summed E-state index contributed by atoms with van der Waals surface area (Å²) in [7, 11) is 0. The third-order valence-corrected chi connectivity index (χ3v) is 6.46. The lowest BCUT2D eigenvalue weighted by Crippen LogP contribution is -2.30. The van der Waals surface area contributed by atoms with Crippen molar-refractivity contribution in [3.8, 4) is 10.4 Å². The highest BCUT2D eigenvalue weighted by atomic mass is 32.2. The van der Waals surface area contributed by atoms with Gasteiger partial charge in [-0.2, -0.15) is 0 Å². The van der Waals surface area contributed by atoms with Crippen LogP contribution >= 0.6 is 23.1 Å². The van der Waals surface area contributed by atoms with Gasteiger partial charge in [-0.05, 0) is 24.5 Å². The zero-order valence-corrected chi connectivity index (χ0v) is 14.7. The number of thiophene rings is 1. The molecule has 1 aliphatic rings. The van der Waals surface area contributed by atoms with E-state index in [9.17, 15) is 4.79 Å². The second-order valence-electron chi connectivity index (χ2n) is 5.77. The number of aromatic nitrogens is 2. The first-order valence-corrected chi connectivity index (χ1v) is 9.75. The van der Waals surface area contributed by atoms with E-state index >= 15 is 0 Å². The molecule has 0 bridgehead atoms. The van der Waals surface area contributed by atoms with Crippen LogP contribution in [0.5, 0.6) is 0 Å². The highest BCUT2D eigenvalue weighted by Crippen LogP contribution is 2.38. The maximum absolute atomic E-state index is 12.2. The van der Waals surface area contributed by atoms with Crippen LogP contribution in [0.4, 0.5) is 0 Å². The van der Waals surface area contributed by atoms with E-state index in [1.165, 1.54) is 10.4 Å². The van der Waals surface area contributed by atoms with Gasteiger partial charge in [-0.15, -0.1) is 11.3 Å². The Morgan fingerprint density at radius 1 is 1.17 bits per heavy atom. The average Bonchev–Trinajstić information content (AvgIpc) is 2.96. The molecule has 1 fully saturated rings. The van der Waals surface area contributed by atoms with Crippen LogP contribution in [0.2, 0.25) is 0 Å². The molecule has 3 heterocycles. The molecule has 122 valence electrons. The molecule has 3 aromatic rings. The topological polar surface area (TPSA) is 54.9 Å². The lowest BCUT2D eigenvalue weighted by Gasteiger charge is -2.12. The molecule has 1 aliphatic heterocycles. The van der Waals surface area contributed by atoms with E-state index in [-0.39, 0.29) is 11.2 Å². The van der Waals surface area contributed by atoms with Crippen LogP contribution in [0.3, 0.4) is 0 Å². The minimum atomic E-state index is -0.0642. The van der Waals surface area contributed by atoms with Crippen molar-refractivity contribution < 1.29 is 4.79 Å². The van der Waals surface area contributed by atoms with E-state index in [1.807, 2.05) is 18.2 Å². The first kappa shape index (κ1) is 15.6. The summed E-state index contributed by atoms with van der Waals surface area (Å²) < 4.78 is 0. The molecule has 1 amide bonds. The molecule has 0 saturated carbocycles. The number of hydrogen-bond acceptors (Lipinski definition) is 5. The van der Waals surface area contributed by atoms with Crippen molar-refractivity contribution in [1.82, 2.24) is 15.3 Å². The van der Waals surface area contributed by atoms with Crippen molar-refractivity contribution in [2.45, 2.75) is 29.5 Å². The van der Waals surface area contributed by atoms with E-state index < -0.39 is 0 Å². The van der Waals surface area contributed by atoms with Crippen molar-refractivity contribution in [3.05, 3.63) is 42.7 Å². The maximum Gasteiger partial charge on any atom is 0.233 e. The molecule has 1 N–H and O–H groups in total. The van der Waals surface area contributed by atoms with Crippen molar-refractivity contribution in [2.24, 2.45) is 0 Å². The van der Waals surface area contributed by atoms with Gasteiger partial charge in [0, 0.05) is 16.8 Å². The molecular formula is C18H17N3OS2. The van der Waals surface area contributed by atoms with Gasteiger partial charge in [0.2, 0.25) is 5.91 Å². The summed E-state index contributed by atoms with van der Waals surface area (Å²) in [4.78, 5) is 23.2. The Kier molecular flexibility index (Phi) is 4.49. The van der Waals surface area contributed by atoms with E-state index in [1.54, 1.807) is 29.4 Å². The molecule has 1 aromatic carbocycles. The van der Waals surface area contributed by atoms with Gasteiger partial charge in [0.1, 0.15) is 16.2 Å². The van der Waals surface area contributed by atoms with Crippen molar-refractivity contribution >= 4 is 39.2 Å². The number of fused-ring (bicyclic) bond motifs is 1. The SMILES string of the molecule is O=C1NCCCC[C@H]1Sc1ncnc2sc(-c3ccccc3)cc12. The molecule has 4 nitrogen and oxygen atoms in total. The molecule has 24 heavy (non-hydrogen) atoms. The summed E-state index contributed by atoms with van der Waals surface area (Å²) in [5.74, 6) is 0.128. The Balaban J connectivity index is 1.68. The Hall–Kier alpha value is -1.92. The quantitative estimate of drug-likeness (QED) is 0.718. The standard InChI is InChI=1S/C18H17N3OS2/c22-16-14(8-4-5-9-19-16)23-17-13-10-15(12-6-2-1-3-7-12)24-18(13)21-11-20-17/h1-3,6-7,10-11,14H,4-5,8-9H2,(H,19,22)/t14-/m1/s1. The molecule has 0 unspecified atom stereocenters. The summed E-state index contributed by atoms with van der Waals surface area (Å²) in [6.45, 7) is 0.783. The summed E-state index contributed by atoms with van der Waals surface area (Å²) in [5, 5.41) is 4.88.